The normalized spacial score (nSPS) is 15.0. The molecule has 7 heteroatoms. The summed E-state index contributed by atoms with van der Waals surface area (Å²) in [7, 11) is 1.30. The average molecular weight is 293 g/mol. The van der Waals surface area contributed by atoms with Crippen LogP contribution in [0.2, 0.25) is 0 Å². The highest BCUT2D eigenvalue weighted by molar-refractivity contribution is 5.93. The molecule has 2 heterocycles. The third-order valence-electron chi connectivity index (χ3n) is 3.75. The molecular weight excluding hydrogens is 274 g/mol. The predicted molar refractivity (Wildman–Crippen MR) is 76.4 cm³/mol. The zero-order valence-corrected chi connectivity index (χ0v) is 12.3. The van der Waals surface area contributed by atoms with Crippen LogP contribution >= 0.6 is 0 Å². The zero-order chi connectivity index (χ0) is 15.6. The fourth-order valence-electron chi connectivity index (χ4n) is 2.47. The van der Waals surface area contributed by atoms with Crippen molar-refractivity contribution in [3.63, 3.8) is 0 Å². The molecule has 0 saturated carbocycles. The molecule has 0 radical (unpaired) electrons. The van der Waals surface area contributed by atoms with E-state index in [1.54, 1.807) is 4.90 Å². The maximum Gasteiger partial charge on any atom is 0.331 e. The molecule has 1 amide bonds. The Kier molecular flexibility index (Phi) is 4.40. The van der Waals surface area contributed by atoms with E-state index in [1.807, 2.05) is 0 Å². The number of rotatable bonds is 3. The Morgan fingerprint density at radius 3 is 2.33 bits per heavy atom. The number of nitrogens with zero attached hydrogens (tertiary/aromatic N) is 3. The molecule has 7 nitrogen and oxygen atoms in total. The highest BCUT2D eigenvalue weighted by Gasteiger charge is 2.19. The first-order valence-electron chi connectivity index (χ1n) is 7.01. The number of carbonyl (C=O) groups is 2. The van der Waals surface area contributed by atoms with Gasteiger partial charge in [0.15, 0.2) is 5.78 Å². The van der Waals surface area contributed by atoms with Crippen LogP contribution < -0.4 is 11.2 Å². The van der Waals surface area contributed by atoms with Gasteiger partial charge in [-0.3, -0.25) is 23.5 Å². The van der Waals surface area contributed by atoms with Gasteiger partial charge in [0.25, 0.3) is 5.56 Å². The summed E-state index contributed by atoms with van der Waals surface area (Å²) in [6.07, 6.45) is 4.23. The quantitative estimate of drug-likeness (QED) is 0.720. The summed E-state index contributed by atoms with van der Waals surface area (Å²) in [5.74, 6) is -0.584. The molecule has 0 aliphatic carbocycles. The van der Waals surface area contributed by atoms with Crippen LogP contribution in [-0.2, 0) is 18.4 Å². The van der Waals surface area contributed by atoms with Crippen LogP contribution in [0, 0.1) is 0 Å². The lowest BCUT2D eigenvalue weighted by atomic mass is 10.1. The first kappa shape index (κ1) is 15.2. The molecule has 1 aromatic rings. The second kappa shape index (κ2) is 6.07. The van der Waals surface area contributed by atoms with Crippen molar-refractivity contribution in [3.8, 4) is 0 Å². The Morgan fingerprint density at radius 2 is 1.76 bits per heavy atom. The molecule has 21 heavy (non-hydrogen) atoms. The lowest BCUT2D eigenvalue weighted by molar-refractivity contribution is -0.132. The van der Waals surface area contributed by atoms with Gasteiger partial charge >= 0.3 is 5.69 Å². The van der Waals surface area contributed by atoms with Crippen molar-refractivity contribution in [2.24, 2.45) is 7.05 Å². The average Bonchev–Trinajstić information content (AvgIpc) is 2.48. The summed E-state index contributed by atoms with van der Waals surface area (Å²) in [6.45, 7) is 2.50. The fraction of sp³-hybridized carbons (Fsp3) is 0.571. The number of Topliss-reactive ketones (excluding diaryl/α,β-unsaturated/α-hetero) is 1. The van der Waals surface area contributed by atoms with Crippen LogP contribution in [0.1, 0.15) is 36.5 Å². The monoisotopic (exact) mass is 293 g/mol. The van der Waals surface area contributed by atoms with Gasteiger partial charge in [-0.25, -0.2) is 4.79 Å². The van der Waals surface area contributed by atoms with Gasteiger partial charge in [0.05, 0.1) is 5.56 Å². The first-order valence-corrected chi connectivity index (χ1v) is 7.01. The third-order valence-corrected chi connectivity index (χ3v) is 3.75. The van der Waals surface area contributed by atoms with Crippen LogP contribution in [0.15, 0.2) is 15.8 Å². The number of carbonyl (C=O) groups excluding carboxylic acids is 2. The van der Waals surface area contributed by atoms with Gasteiger partial charge in [-0.05, 0) is 26.2 Å². The Labute approximate surface area is 121 Å². The molecule has 114 valence electrons. The number of ketones is 1. The van der Waals surface area contributed by atoms with Crippen molar-refractivity contribution in [1.82, 2.24) is 14.0 Å². The summed E-state index contributed by atoms with van der Waals surface area (Å²) in [5, 5.41) is 0. The van der Waals surface area contributed by atoms with E-state index in [2.05, 4.69) is 0 Å². The smallest absolute Gasteiger partial charge is 0.331 e. The predicted octanol–water partition coefficient (Wildman–Crippen LogP) is -0.238. The molecule has 0 spiro atoms. The van der Waals surface area contributed by atoms with Gasteiger partial charge in [-0.1, -0.05) is 0 Å². The Hall–Kier alpha value is -2.18. The SMILES string of the molecule is CC(=O)c1cn(CC(=O)N2CCCCC2)c(=O)n(C)c1=O. The van der Waals surface area contributed by atoms with Crippen LogP contribution in [0.25, 0.3) is 0 Å². The molecule has 0 aromatic carbocycles. The topological polar surface area (TPSA) is 81.4 Å². The molecule has 0 bridgehead atoms. The highest BCUT2D eigenvalue weighted by Crippen LogP contribution is 2.09. The number of piperidine rings is 1. The van der Waals surface area contributed by atoms with E-state index >= 15 is 0 Å². The number of hydrogen-bond donors (Lipinski definition) is 0. The minimum Gasteiger partial charge on any atom is -0.341 e. The van der Waals surface area contributed by atoms with E-state index in [0.717, 1.165) is 28.4 Å². The van der Waals surface area contributed by atoms with Gasteiger partial charge in [0.2, 0.25) is 5.91 Å². The molecule has 0 atom stereocenters. The number of aromatic nitrogens is 2. The molecule has 1 aliphatic rings. The summed E-state index contributed by atoms with van der Waals surface area (Å²) in [4.78, 5) is 49.2. The fourth-order valence-corrected chi connectivity index (χ4v) is 2.47. The minimum absolute atomic E-state index is 0.0801. The van der Waals surface area contributed by atoms with Crippen molar-refractivity contribution in [3.05, 3.63) is 32.6 Å². The molecular formula is C14H19N3O4. The Balaban J connectivity index is 2.31. The van der Waals surface area contributed by atoms with Gasteiger partial charge in [0, 0.05) is 26.3 Å². The number of likely N-dealkylation sites (tertiary alicyclic amines) is 1. The first-order chi connectivity index (χ1) is 9.91. The van der Waals surface area contributed by atoms with Gasteiger partial charge in [0.1, 0.15) is 6.54 Å². The lowest BCUT2D eigenvalue weighted by Crippen LogP contribution is -2.44. The minimum atomic E-state index is -0.630. The maximum absolute atomic E-state index is 12.2. The standard InChI is InChI=1S/C14H19N3O4/c1-10(18)11-8-17(14(21)15(2)13(11)20)9-12(19)16-6-4-3-5-7-16/h8H,3-7,9H2,1-2H3. The zero-order valence-electron chi connectivity index (χ0n) is 12.3. The Bertz CT molecular complexity index is 680. The van der Waals surface area contributed by atoms with E-state index in [-0.39, 0.29) is 18.0 Å². The van der Waals surface area contributed by atoms with Crippen molar-refractivity contribution in [2.45, 2.75) is 32.7 Å². The molecule has 0 N–H and O–H groups in total. The molecule has 1 aliphatic heterocycles. The third kappa shape index (κ3) is 3.12. The second-order valence-corrected chi connectivity index (χ2v) is 5.32. The molecule has 1 aromatic heterocycles. The molecule has 0 unspecified atom stereocenters. The van der Waals surface area contributed by atoms with Crippen molar-refractivity contribution < 1.29 is 9.59 Å². The summed E-state index contributed by atoms with van der Waals surface area (Å²) in [5.41, 5.74) is -1.30. The van der Waals surface area contributed by atoms with E-state index in [1.165, 1.54) is 20.2 Å². The van der Waals surface area contributed by atoms with Crippen LogP contribution in [-0.4, -0.2) is 38.8 Å². The molecule has 1 saturated heterocycles. The summed E-state index contributed by atoms with van der Waals surface area (Å²) < 4.78 is 2.00. The number of amides is 1. The van der Waals surface area contributed by atoms with Gasteiger partial charge in [-0.15, -0.1) is 0 Å². The van der Waals surface area contributed by atoms with Crippen LogP contribution in [0.5, 0.6) is 0 Å². The van der Waals surface area contributed by atoms with Crippen LogP contribution in [0.4, 0.5) is 0 Å². The van der Waals surface area contributed by atoms with Gasteiger partial charge < -0.3 is 4.90 Å². The van der Waals surface area contributed by atoms with E-state index in [0.29, 0.717) is 13.1 Å². The number of hydrogen-bond acceptors (Lipinski definition) is 4. The van der Waals surface area contributed by atoms with Gasteiger partial charge in [-0.2, -0.15) is 0 Å². The second-order valence-electron chi connectivity index (χ2n) is 5.32. The van der Waals surface area contributed by atoms with E-state index in [9.17, 15) is 19.2 Å². The molecule has 1 fully saturated rings. The lowest BCUT2D eigenvalue weighted by Gasteiger charge is -2.27. The highest BCUT2D eigenvalue weighted by atomic mass is 16.2. The van der Waals surface area contributed by atoms with Crippen LogP contribution in [0.3, 0.4) is 0 Å². The van der Waals surface area contributed by atoms with Crippen molar-refractivity contribution >= 4 is 11.7 Å². The van der Waals surface area contributed by atoms with Crippen molar-refractivity contribution in [2.75, 3.05) is 13.1 Å². The summed E-state index contributed by atoms with van der Waals surface area (Å²) >= 11 is 0. The van der Waals surface area contributed by atoms with Crippen molar-refractivity contribution in [1.29, 1.82) is 0 Å². The molecule has 2 rings (SSSR count). The van der Waals surface area contributed by atoms with E-state index in [4.69, 9.17) is 0 Å². The largest absolute Gasteiger partial charge is 0.341 e. The van der Waals surface area contributed by atoms with E-state index < -0.39 is 17.0 Å². The summed E-state index contributed by atoms with van der Waals surface area (Å²) in [6, 6.07) is 0. The maximum atomic E-state index is 12.2. The Morgan fingerprint density at radius 1 is 1.14 bits per heavy atom.